The van der Waals surface area contributed by atoms with Crippen LogP contribution < -0.4 is 11.3 Å². The Kier molecular flexibility index (Phi) is 5.33. The van der Waals surface area contributed by atoms with Crippen molar-refractivity contribution in [1.29, 1.82) is 0 Å². The Labute approximate surface area is 85.6 Å². The average Bonchev–Trinajstić information content (AvgIpc) is 2.71. The molecule has 0 saturated carbocycles. The smallest absolute Gasteiger partial charge is 0.0950 e. The van der Waals surface area contributed by atoms with Crippen LogP contribution in [0.25, 0.3) is 0 Å². The van der Waals surface area contributed by atoms with Crippen molar-refractivity contribution >= 4 is 0 Å². The van der Waals surface area contributed by atoms with Crippen LogP contribution in [0.5, 0.6) is 0 Å². The van der Waals surface area contributed by atoms with Gasteiger partial charge in [-0.1, -0.05) is 32.6 Å². The maximum absolute atomic E-state index is 5.49. The van der Waals surface area contributed by atoms with E-state index in [9.17, 15) is 0 Å². The number of unbranched alkanes of at least 4 members (excludes halogenated alkanes) is 3. The van der Waals surface area contributed by atoms with Crippen molar-refractivity contribution in [3.05, 3.63) is 24.2 Å². The van der Waals surface area contributed by atoms with Gasteiger partial charge in [0.1, 0.15) is 0 Å². The van der Waals surface area contributed by atoms with Gasteiger partial charge in [0.05, 0.1) is 12.5 Å². The molecule has 1 rings (SSSR count). The van der Waals surface area contributed by atoms with Crippen LogP contribution in [0, 0.1) is 0 Å². The van der Waals surface area contributed by atoms with Gasteiger partial charge in [-0.15, -0.1) is 0 Å². The molecule has 1 aromatic rings. The summed E-state index contributed by atoms with van der Waals surface area (Å²) in [6.07, 6.45) is 9.60. The third kappa shape index (κ3) is 3.52. The van der Waals surface area contributed by atoms with Crippen LogP contribution in [-0.4, -0.2) is 0 Å². The van der Waals surface area contributed by atoms with Crippen molar-refractivity contribution in [2.75, 3.05) is 0 Å². The summed E-state index contributed by atoms with van der Waals surface area (Å²) in [5.74, 6) is 5.49. The lowest BCUT2D eigenvalue weighted by molar-refractivity contribution is 0.474. The molecule has 1 heterocycles. The molecular formula is C11H20N2O. The molecule has 3 heteroatoms. The number of rotatable bonds is 7. The molecule has 0 amide bonds. The van der Waals surface area contributed by atoms with Gasteiger partial charge in [0.15, 0.2) is 0 Å². The van der Waals surface area contributed by atoms with Crippen LogP contribution in [0.4, 0.5) is 0 Å². The number of nitrogens with two attached hydrogens (primary N) is 1. The SMILES string of the molecule is CCCCCCC(NN)c1ccoc1. The van der Waals surface area contributed by atoms with Gasteiger partial charge in [-0.25, -0.2) is 0 Å². The Morgan fingerprint density at radius 2 is 2.29 bits per heavy atom. The fourth-order valence-corrected chi connectivity index (χ4v) is 1.59. The molecule has 0 aromatic carbocycles. The maximum Gasteiger partial charge on any atom is 0.0950 e. The second-order valence-electron chi connectivity index (χ2n) is 3.63. The minimum Gasteiger partial charge on any atom is -0.472 e. The Morgan fingerprint density at radius 1 is 1.43 bits per heavy atom. The summed E-state index contributed by atoms with van der Waals surface area (Å²) >= 11 is 0. The number of hydrogen-bond acceptors (Lipinski definition) is 3. The number of nitrogens with one attached hydrogen (secondary N) is 1. The van der Waals surface area contributed by atoms with E-state index in [2.05, 4.69) is 12.3 Å². The lowest BCUT2D eigenvalue weighted by Crippen LogP contribution is -2.27. The summed E-state index contributed by atoms with van der Waals surface area (Å²) in [6.45, 7) is 2.22. The highest BCUT2D eigenvalue weighted by Gasteiger charge is 2.09. The molecule has 80 valence electrons. The molecule has 1 atom stereocenters. The second-order valence-corrected chi connectivity index (χ2v) is 3.63. The summed E-state index contributed by atoms with van der Waals surface area (Å²) in [7, 11) is 0. The van der Waals surface area contributed by atoms with Crippen LogP contribution in [0.1, 0.15) is 50.6 Å². The van der Waals surface area contributed by atoms with E-state index in [4.69, 9.17) is 10.3 Å². The Hall–Kier alpha value is -0.800. The van der Waals surface area contributed by atoms with Gasteiger partial charge in [-0.05, 0) is 12.5 Å². The zero-order chi connectivity index (χ0) is 10.2. The van der Waals surface area contributed by atoms with E-state index < -0.39 is 0 Å². The zero-order valence-corrected chi connectivity index (χ0v) is 8.83. The fraction of sp³-hybridized carbons (Fsp3) is 0.636. The molecular weight excluding hydrogens is 176 g/mol. The van der Waals surface area contributed by atoms with E-state index in [0.717, 1.165) is 12.0 Å². The molecule has 14 heavy (non-hydrogen) atoms. The maximum atomic E-state index is 5.49. The van der Waals surface area contributed by atoms with Gasteiger partial charge in [0.2, 0.25) is 0 Å². The van der Waals surface area contributed by atoms with Crippen LogP contribution in [0.2, 0.25) is 0 Å². The van der Waals surface area contributed by atoms with Gasteiger partial charge in [-0.3, -0.25) is 11.3 Å². The summed E-state index contributed by atoms with van der Waals surface area (Å²) in [4.78, 5) is 0. The average molecular weight is 196 g/mol. The van der Waals surface area contributed by atoms with Crippen molar-refractivity contribution in [1.82, 2.24) is 5.43 Å². The fourth-order valence-electron chi connectivity index (χ4n) is 1.59. The van der Waals surface area contributed by atoms with Crippen LogP contribution >= 0.6 is 0 Å². The first kappa shape index (κ1) is 11.3. The van der Waals surface area contributed by atoms with Gasteiger partial charge >= 0.3 is 0 Å². The summed E-state index contributed by atoms with van der Waals surface area (Å²) in [5, 5.41) is 0. The van der Waals surface area contributed by atoms with E-state index in [-0.39, 0.29) is 6.04 Å². The van der Waals surface area contributed by atoms with E-state index in [1.165, 1.54) is 25.7 Å². The van der Waals surface area contributed by atoms with Gasteiger partial charge in [0.25, 0.3) is 0 Å². The molecule has 0 fully saturated rings. The normalized spacial score (nSPS) is 13.0. The van der Waals surface area contributed by atoms with Gasteiger partial charge < -0.3 is 4.42 Å². The molecule has 1 unspecified atom stereocenters. The van der Waals surface area contributed by atoms with E-state index in [0.29, 0.717) is 0 Å². The Bertz CT molecular complexity index is 221. The predicted molar refractivity (Wildman–Crippen MR) is 57.5 cm³/mol. The molecule has 0 radical (unpaired) electrons. The van der Waals surface area contributed by atoms with Crippen LogP contribution in [0.3, 0.4) is 0 Å². The molecule has 3 N–H and O–H groups in total. The third-order valence-electron chi connectivity index (χ3n) is 2.49. The monoisotopic (exact) mass is 196 g/mol. The first-order chi connectivity index (χ1) is 6.88. The topological polar surface area (TPSA) is 51.2 Å². The second kappa shape index (κ2) is 6.62. The van der Waals surface area contributed by atoms with E-state index >= 15 is 0 Å². The standard InChI is InChI=1S/C11H20N2O/c1-2-3-4-5-6-11(13-12)10-7-8-14-9-10/h7-9,11,13H,2-6,12H2,1H3. The summed E-state index contributed by atoms with van der Waals surface area (Å²) in [5.41, 5.74) is 3.96. The zero-order valence-electron chi connectivity index (χ0n) is 8.83. The largest absolute Gasteiger partial charge is 0.472 e. The highest BCUT2D eigenvalue weighted by Crippen LogP contribution is 2.19. The van der Waals surface area contributed by atoms with E-state index in [1.807, 2.05) is 6.07 Å². The van der Waals surface area contributed by atoms with Crippen molar-refractivity contribution < 1.29 is 4.42 Å². The van der Waals surface area contributed by atoms with Crippen molar-refractivity contribution in [2.45, 2.75) is 45.1 Å². The molecule has 1 aromatic heterocycles. The highest BCUT2D eigenvalue weighted by atomic mass is 16.3. The lowest BCUT2D eigenvalue weighted by atomic mass is 10.0. The molecule has 0 spiro atoms. The predicted octanol–water partition coefficient (Wildman–Crippen LogP) is 2.75. The minimum atomic E-state index is 0.241. The number of hydrogen-bond donors (Lipinski definition) is 2. The van der Waals surface area contributed by atoms with Gasteiger partial charge in [0, 0.05) is 11.6 Å². The van der Waals surface area contributed by atoms with Crippen molar-refractivity contribution in [2.24, 2.45) is 5.84 Å². The Morgan fingerprint density at radius 3 is 2.86 bits per heavy atom. The number of hydrazine groups is 1. The van der Waals surface area contributed by atoms with Gasteiger partial charge in [-0.2, -0.15) is 0 Å². The molecule has 0 aliphatic heterocycles. The summed E-state index contributed by atoms with van der Waals surface area (Å²) < 4.78 is 5.03. The number of furan rings is 1. The molecule has 3 nitrogen and oxygen atoms in total. The Balaban J connectivity index is 2.26. The third-order valence-corrected chi connectivity index (χ3v) is 2.49. The van der Waals surface area contributed by atoms with Crippen LogP contribution in [0.15, 0.2) is 23.0 Å². The quantitative estimate of drug-likeness (QED) is 0.400. The minimum absolute atomic E-state index is 0.241. The summed E-state index contributed by atoms with van der Waals surface area (Å²) in [6, 6.07) is 2.20. The van der Waals surface area contributed by atoms with Crippen LogP contribution in [-0.2, 0) is 0 Å². The van der Waals surface area contributed by atoms with Crippen molar-refractivity contribution in [3.8, 4) is 0 Å². The molecule has 0 saturated heterocycles. The molecule has 0 aliphatic rings. The molecule has 0 bridgehead atoms. The first-order valence-corrected chi connectivity index (χ1v) is 5.36. The lowest BCUT2D eigenvalue weighted by Gasteiger charge is -2.13. The highest BCUT2D eigenvalue weighted by molar-refractivity contribution is 5.10. The molecule has 0 aliphatic carbocycles. The first-order valence-electron chi connectivity index (χ1n) is 5.36. The van der Waals surface area contributed by atoms with E-state index in [1.54, 1.807) is 12.5 Å². The van der Waals surface area contributed by atoms with Crippen molar-refractivity contribution in [3.63, 3.8) is 0 Å².